The highest BCUT2D eigenvalue weighted by Gasteiger charge is 2.31. The number of hydrogen-bond donors (Lipinski definition) is 1. The van der Waals surface area contributed by atoms with Crippen LogP contribution in [0.4, 0.5) is 26.3 Å². The van der Waals surface area contributed by atoms with E-state index in [2.05, 4.69) is 0 Å². The zero-order chi connectivity index (χ0) is 28.1. The van der Waals surface area contributed by atoms with Crippen LogP contribution in [-0.4, -0.2) is 16.3 Å². The Morgan fingerprint density at radius 1 is 0.553 bits per heavy atom. The number of aromatic carboxylic acids is 1. The van der Waals surface area contributed by atoms with E-state index in [9.17, 15) is 35.9 Å². The van der Waals surface area contributed by atoms with E-state index in [0.29, 0.717) is 22.3 Å². The second-order valence-corrected chi connectivity index (χ2v) is 8.16. The molecule has 0 fully saturated rings. The van der Waals surface area contributed by atoms with Crippen LogP contribution in [0.25, 0.3) is 22.3 Å². The molecule has 0 spiro atoms. The molecule has 196 valence electrons. The molecule has 4 aromatic carbocycles. The third-order valence-electron chi connectivity index (χ3n) is 5.34. The molecule has 0 aliphatic rings. The van der Waals surface area contributed by atoms with Gasteiger partial charge in [0.25, 0.3) is 5.24 Å². The predicted octanol–water partition coefficient (Wildman–Crippen LogP) is 8.82. The molecule has 0 saturated heterocycles. The summed E-state index contributed by atoms with van der Waals surface area (Å²) in [6.07, 6.45) is -8.77. The van der Waals surface area contributed by atoms with Crippen molar-refractivity contribution in [2.24, 2.45) is 0 Å². The van der Waals surface area contributed by atoms with E-state index >= 15 is 0 Å². The van der Waals surface area contributed by atoms with Crippen molar-refractivity contribution in [1.29, 1.82) is 0 Å². The number of alkyl halides is 6. The lowest BCUT2D eigenvalue weighted by atomic mass is 9.99. The minimum atomic E-state index is -4.40. The molecule has 0 atom stereocenters. The largest absolute Gasteiger partial charge is 0.478 e. The number of benzene rings is 4. The van der Waals surface area contributed by atoms with Crippen molar-refractivity contribution in [3.05, 3.63) is 119 Å². The summed E-state index contributed by atoms with van der Waals surface area (Å²) in [5, 5.41) is 8.39. The first-order valence-electron chi connectivity index (χ1n) is 10.8. The first kappa shape index (κ1) is 28.5. The Hall–Kier alpha value is -4.11. The van der Waals surface area contributed by atoms with E-state index in [1.54, 1.807) is 36.4 Å². The van der Waals surface area contributed by atoms with Gasteiger partial charge in [-0.25, -0.2) is 4.79 Å². The fourth-order valence-electron chi connectivity index (χ4n) is 3.51. The molecule has 0 radical (unpaired) electrons. The lowest BCUT2D eigenvalue weighted by molar-refractivity contribution is -0.138. The van der Waals surface area contributed by atoms with Crippen LogP contribution in [-0.2, 0) is 12.4 Å². The van der Waals surface area contributed by atoms with Gasteiger partial charge in [-0.05, 0) is 70.3 Å². The highest BCUT2D eigenvalue weighted by atomic mass is 35.5. The lowest BCUT2D eigenvalue weighted by Gasteiger charge is -2.09. The number of carboxylic acids is 1. The number of carbonyl (C=O) groups excluding carboxylic acids is 1. The second-order valence-electron chi connectivity index (χ2n) is 7.82. The van der Waals surface area contributed by atoms with Crippen molar-refractivity contribution in [3.63, 3.8) is 0 Å². The maximum atomic E-state index is 12.5. The van der Waals surface area contributed by atoms with Gasteiger partial charge in [0, 0.05) is 5.56 Å². The molecule has 0 unspecified atom stereocenters. The molecule has 10 heteroatoms. The van der Waals surface area contributed by atoms with Crippen LogP contribution >= 0.6 is 11.6 Å². The summed E-state index contributed by atoms with van der Waals surface area (Å²) in [7, 11) is 0. The average molecular weight is 551 g/mol. The van der Waals surface area contributed by atoms with Gasteiger partial charge in [0.05, 0.1) is 16.7 Å². The molecule has 3 nitrogen and oxygen atoms in total. The molecule has 0 bridgehead atoms. The third-order valence-corrected chi connectivity index (χ3v) is 5.55. The van der Waals surface area contributed by atoms with Crippen molar-refractivity contribution in [3.8, 4) is 22.3 Å². The van der Waals surface area contributed by atoms with Crippen molar-refractivity contribution >= 4 is 22.8 Å². The van der Waals surface area contributed by atoms with Crippen LogP contribution in [0, 0.1) is 0 Å². The third kappa shape index (κ3) is 7.01. The van der Waals surface area contributed by atoms with E-state index in [0.717, 1.165) is 24.3 Å². The highest BCUT2D eigenvalue weighted by molar-refractivity contribution is 6.68. The Balaban J connectivity index is 0.000000211. The molecule has 38 heavy (non-hydrogen) atoms. The normalized spacial score (nSPS) is 11.3. The quantitative estimate of drug-likeness (QED) is 0.204. The van der Waals surface area contributed by atoms with Crippen molar-refractivity contribution in [2.75, 3.05) is 0 Å². The highest BCUT2D eigenvalue weighted by Crippen LogP contribution is 2.33. The second kappa shape index (κ2) is 11.5. The Morgan fingerprint density at radius 3 is 1.24 bits per heavy atom. The maximum Gasteiger partial charge on any atom is 0.416 e. The first-order valence-corrected chi connectivity index (χ1v) is 11.1. The van der Waals surface area contributed by atoms with E-state index in [4.69, 9.17) is 16.7 Å². The zero-order valence-corrected chi connectivity index (χ0v) is 19.9. The fraction of sp³-hybridized carbons (Fsp3) is 0.0714. The van der Waals surface area contributed by atoms with E-state index in [-0.39, 0.29) is 11.1 Å². The summed E-state index contributed by atoms with van der Waals surface area (Å²) < 4.78 is 74.7. The summed E-state index contributed by atoms with van der Waals surface area (Å²) >= 11 is 5.44. The fourth-order valence-corrected chi connectivity index (χ4v) is 3.67. The molecule has 0 aliphatic carbocycles. The minimum Gasteiger partial charge on any atom is -0.478 e. The van der Waals surface area contributed by atoms with Crippen molar-refractivity contribution in [1.82, 2.24) is 0 Å². The summed E-state index contributed by atoms with van der Waals surface area (Å²) in [4.78, 5) is 22.3. The number of carboxylic acid groups (broad SMARTS) is 1. The summed E-state index contributed by atoms with van der Waals surface area (Å²) in [6, 6.07) is 21.7. The smallest absolute Gasteiger partial charge is 0.416 e. The number of carbonyl (C=O) groups is 2. The van der Waals surface area contributed by atoms with Crippen LogP contribution in [0.1, 0.15) is 31.8 Å². The first-order chi connectivity index (χ1) is 17.8. The molecular weight excluding hydrogens is 534 g/mol. The van der Waals surface area contributed by atoms with E-state index in [1.165, 1.54) is 36.4 Å². The number of hydrogen-bond acceptors (Lipinski definition) is 2. The molecule has 4 aromatic rings. The van der Waals surface area contributed by atoms with Crippen molar-refractivity contribution < 1.29 is 41.0 Å². The monoisotopic (exact) mass is 550 g/mol. The SMILES string of the molecule is O=C(Cl)c1ccccc1-c1ccc(C(F)(F)F)cc1.O=C(O)c1ccccc1-c1ccc(C(F)(F)F)cc1. The molecule has 0 heterocycles. The van der Waals surface area contributed by atoms with Gasteiger partial charge in [0.2, 0.25) is 0 Å². The maximum absolute atomic E-state index is 12.5. The van der Waals surface area contributed by atoms with Gasteiger partial charge in [0.1, 0.15) is 0 Å². The number of halogens is 7. The van der Waals surface area contributed by atoms with Gasteiger partial charge in [-0.3, -0.25) is 4.79 Å². The van der Waals surface area contributed by atoms with Crippen LogP contribution in [0.15, 0.2) is 97.1 Å². The van der Waals surface area contributed by atoms with Gasteiger partial charge in [-0.15, -0.1) is 0 Å². The molecular formula is C28H17ClF6O3. The topological polar surface area (TPSA) is 54.4 Å². The Morgan fingerprint density at radius 2 is 0.895 bits per heavy atom. The number of rotatable bonds is 4. The van der Waals surface area contributed by atoms with E-state index < -0.39 is 34.7 Å². The van der Waals surface area contributed by atoms with Gasteiger partial charge in [0.15, 0.2) is 0 Å². The van der Waals surface area contributed by atoms with Crippen LogP contribution in [0.5, 0.6) is 0 Å². The molecule has 0 saturated carbocycles. The van der Waals surface area contributed by atoms with Gasteiger partial charge in [-0.2, -0.15) is 26.3 Å². The van der Waals surface area contributed by atoms with Crippen LogP contribution in [0.3, 0.4) is 0 Å². The predicted molar refractivity (Wildman–Crippen MR) is 131 cm³/mol. The molecule has 0 amide bonds. The zero-order valence-electron chi connectivity index (χ0n) is 19.1. The minimum absolute atomic E-state index is 0.0576. The van der Waals surface area contributed by atoms with Crippen LogP contribution < -0.4 is 0 Å². The standard InChI is InChI=1S/C14H8ClF3O.C14H9F3O2/c15-13(19)12-4-2-1-3-11(12)9-5-7-10(8-6-9)14(16,17)18;15-14(16,17)10-7-5-9(6-8-10)11-3-1-2-4-12(11)13(18)19/h1-8H;1-8H,(H,18,19). The summed E-state index contributed by atoms with van der Waals surface area (Å²) in [6.45, 7) is 0. The Labute approximate surface area is 217 Å². The Bertz CT molecular complexity index is 1320. The Kier molecular flexibility index (Phi) is 8.63. The summed E-state index contributed by atoms with van der Waals surface area (Å²) in [5.74, 6) is -1.12. The average Bonchev–Trinajstić information content (AvgIpc) is 2.88. The van der Waals surface area contributed by atoms with E-state index in [1.807, 2.05) is 0 Å². The molecule has 1 N–H and O–H groups in total. The lowest BCUT2D eigenvalue weighted by Crippen LogP contribution is -2.04. The molecule has 0 aromatic heterocycles. The van der Waals surface area contributed by atoms with Gasteiger partial charge >= 0.3 is 18.3 Å². The van der Waals surface area contributed by atoms with Crippen LogP contribution in [0.2, 0.25) is 0 Å². The molecule has 0 aliphatic heterocycles. The van der Waals surface area contributed by atoms with Gasteiger partial charge < -0.3 is 5.11 Å². The van der Waals surface area contributed by atoms with Gasteiger partial charge in [-0.1, -0.05) is 60.7 Å². The summed E-state index contributed by atoms with van der Waals surface area (Å²) in [5.41, 5.74) is 0.685. The molecule has 4 rings (SSSR count). The van der Waals surface area contributed by atoms with Crippen molar-refractivity contribution in [2.45, 2.75) is 12.4 Å².